The lowest BCUT2D eigenvalue weighted by Crippen LogP contribution is -2.17. The number of hydrogen-bond donors (Lipinski definition) is 1. The molecular formula is C12H17NOS. The number of rotatable bonds is 3. The van der Waals surface area contributed by atoms with Crippen molar-refractivity contribution in [1.29, 1.82) is 0 Å². The normalized spacial score (nSPS) is 25.7. The second kappa shape index (κ2) is 5.01. The van der Waals surface area contributed by atoms with Crippen LogP contribution in [0, 0.1) is 5.92 Å². The first kappa shape index (κ1) is 11.0. The van der Waals surface area contributed by atoms with Gasteiger partial charge in [0, 0.05) is 17.4 Å². The van der Waals surface area contributed by atoms with Crippen molar-refractivity contribution < 1.29 is 4.74 Å². The minimum atomic E-state index is 0.214. The molecule has 0 aromatic heterocycles. The van der Waals surface area contributed by atoms with E-state index >= 15 is 0 Å². The second-order valence-electron chi connectivity index (χ2n) is 3.85. The Morgan fingerprint density at radius 3 is 2.73 bits per heavy atom. The Labute approximate surface area is 95.2 Å². The van der Waals surface area contributed by atoms with Crippen LogP contribution >= 0.6 is 11.8 Å². The summed E-state index contributed by atoms with van der Waals surface area (Å²) in [6, 6.07) is 8.61. The van der Waals surface area contributed by atoms with E-state index in [4.69, 9.17) is 10.5 Å². The first-order valence-electron chi connectivity index (χ1n) is 5.30. The molecule has 1 heterocycles. The van der Waals surface area contributed by atoms with E-state index in [0.717, 1.165) is 19.6 Å². The molecule has 0 amide bonds. The Morgan fingerprint density at radius 1 is 1.40 bits per heavy atom. The van der Waals surface area contributed by atoms with Gasteiger partial charge in [0.2, 0.25) is 0 Å². The molecule has 2 rings (SSSR count). The maximum Gasteiger partial charge on any atom is 0.0865 e. The molecule has 1 aromatic carbocycles. The van der Waals surface area contributed by atoms with E-state index in [0.29, 0.717) is 5.92 Å². The van der Waals surface area contributed by atoms with E-state index in [1.807, 2.05) is 0 Å². The monoisotopic (exact) mass is 223 g/mol. The average Bonchev–Trinajstić information content (AvgIpc) is 2.77. The van der Waals surface area contributed by atoms with Crippen LogP contribution in [0.2, 0.25) is 0 Å². The lowest BCUT2D eigenvalue weighted by molar-refractivity contribution is 0.0924. The molecule has 0 aliphatic carbocycles. The third-order valence-corrected chi connectivity index (χ3v) is 3.70. The molecule has 2 N–H and O–H groups in total. The molecule has 2 unspecified atom stereocenters. The Balaban J connectivity index is 2.14. The summed E-state index contributed by atoms with van der Waals surface area (Å²) in [7, 11) is 0. The van der Waals surface area contributed by atoms with Gasteiger partial charge in [-0.05, 0) is 36.9 Å². The van der Waals surface area contributed by atoms with Crippen molar-refractivity contribution in [2.45, 2.75) is 17.4 Å². The molecule has 1 aliphatic heterocycles. The number of ether oxygens (including phenoxy) is 1. The quantitative estimate of drug-likeness (QED) is 0.799. The van der Waals surface area contributed by atoms with Crippen LogP contribution in [0.25, 0.3) is 0 Å². The molecule has 2 nitrogen and oxygen atoms in total. The minimum absolute atomic E-state index is 0.214. The minimum Gasteiger partial charge on any atom is -0.373 e. The van der Waals surface area contributed by atoms with Gasteiger partial charge < -0.3 is 10.5 Å². The van der Waals surface area contributed by atoms with Crippen molar-refractivity contribution in [2.24, 2.45) is 11.7 Å². The van der Waals surface area contributed by atoms with Crippen LogP contribution in [0.4, 0.5) is 0 Å². The fourth-order valence-electron chi connectivity index (χ4n) is 2.04. The van der Waals surface area contributed by atoms with Gasteiger partial charge in [-0.2, -0.15) is 0 Å². The Hall–Kier alpha value is -0.510. The highest BCUT2D eigenvalue weighted by Crippen LogP contribution is 2.34. The van der Waals surface area contributed by atoms with Gasteiger partial charge in [-0.25, -0.2) is 0 Å². The molecule has 1 aliphatic rings. The SMILES string of the molecule is CSc1ccc(C2OCCC2CN)cc1. The van der Waals surface area contributed by atoms with E-state index in [2.05, 4.69) is 30.5 Å². The molecule has 0 bridgehead atoms. The van der Waals surface area contributed by atoms with Crippen molar-refractivity contribution in [3.63, 3.8) is 0 Å². The first-order valence-corrected chi connectivity index (χ1v) is 6.53. The van der Waals surface area contributed by atoms with Crippen molar-refractivity contribution in [1.82, 2.24) is 0 Å². The summed E-state index contributed by atoms with van der Waals surface area (Å²) in [5.74, 6) is 0.491. The Morgan fingerprint density at radius 2 is 2.13 bits per heavy atom. The zero-order valence-corrected chi connectivity index (χ0v) is 9.80. The largest absolute Gasteiger partial charge is 0.373 e. The lowest BCUT2D eigenvalue weighted by atomic mass is 9.96. The molecule has 0 radical (unpaired) electrons. The molecule has 1 saturated heterocycles. The summed E-state index contributed by atoms with van der Waals surface area (Å²) in [6.07, 6.45) is 3.39. The standard InChI is InChI=1S/C12H17NOS/c1-15-11-4-2-9(3-5-11)12-10(8-13)6-7-14-12/h2-5,10,12H,6-8,13H2,1H3. The molecule has 1 fully saturated rings. The van der Waals surface area contributed by atoms with Gasteiger partial charge in [-0.1, -0.05) is 12.1 Å². The van der Waals surface area contributed by atoms with Crippen LogP contribution < -0.4 is 5.73 Å². The average molecular weight is 223 g/mol. The predicted molar refractivity (Wildman–Crippen MR) is 64.1 cm³/mol. The number of thioether (sulfide) groups is 1. The predicted octanol–water partition coefficient (Wildman–Crippen LogP) is 2.44. The summed E-state index contributed by atoms with van der Waals surface area (Å²) < 4.78 is 5.73. The fourth-order valence-corrected chi connectivity index (χ4v) is 2.45. The number of nitrogens with two attached hydrogens (primary N) is 1. The highest BCUT2D eigenvalue weighted by molar-refractivity contribution is 7.98. The number of hydrogen-bond acceptors (Lipinski definition) is 3. The Bertz CT molecular complexity index is 312. The molecule has 0 spiro atoms. The van der Waals surface area contributed by atoms with Crippen molar-refractivity contribution in [3.05, 3.63) is 29.8 Å². The van der Waals surface area contributed by atoms with Gasteiger partial charge in [0.1, 0.15) is 0 Å². The number of benzene rings is 1. The summed E-state index contributed by atoms with van der Waals surface area (Å²) in [5.41, 5.74) is 7.00. The summed E-state index contributed by atoms with van der Waals surface area (Å²) in [6.45, 7) is 1.56. The van der Waals surface area contributed by atoms with Crippen molar-refractivity contribution in [3.8, 4) is 0 Å². The van der Waals surface area contributed by atoms with Crippen LogP contribution in [0.1, 0.15) is 18.1 Å². The van der Waals surface area contributed by atoms with E-state index in [1.165, 1.54) is 10.5 Å². The van der Waals surface area contributed by atoms with Gasteiger partial charge in [0.25, 0.3) is 0 Å². The van der Waals surface area contributed by atoms with Gasteiger partial charge in [-0.3, -0.25) is 0 Å². The van der Waals surface area contributed by atoms with Crippen LogP contribution in [0.5, 0.6) is 0 Å². The third kappa shape index (κ3) is 2.36. The van der Waals surface area contributed by atoms with Crippen LogP contribution in [-0.4, -0.2) is 19.4 Å². The van der Waals surface area contributed by atoms with E-state index in [9.17, 15) is 0 Å². The molecule has 0 saturated carbocycles. The second-order valence-corrected chi connectivity index (χ2v) is 4.73. The molecule has 3 heteroatoms. The van der Waals surface area contributed by atoms with Gasteiger partial charge in [0.05, 0.1) is 6.10 Å². The van der Waals surface area contributed by atoms with Crippen molar-refractivity contribution in [2.75, 3.05) is 19.4 Å². The van der Waals surface area contributed by atoms with E-state index in [1.54, 1.807) is 11.8 Å². The maximum absolute atomic E-state index is 5.73. The third-order valence-electron chi connectivity index (χ3n) is 2.96. The smallest absolute Gasteiger partial charge is 0.0865 e. The first-order chi connectivity index (χ1) is 7.35. The molecule has 82 valence electrons. The fraction of sp³-hybridized carbons (Fsp3) is 0.500. The van der Waals surface area contributed by atoms with Crippen LogP contribution in [0.3, 0.4) is 0 Å². The molecular weight excluding hydrogens is 206 g/mol. The summed E-state index contributed by atoms with van der Waals surface area (Å²) in [5, 5.41) is 0. The highest BCUT2D eigenvalue weighted by Gasteiger charge is 2.28. The van der Waals surface area contributed by atoms with Gasteiger partial charge in [-0.15, -0.1) is 11.8 Å². The lowest BCUT2D eigenvalue weighted by Gasteiger charge is -2.17. The summed E-state index contributed by atoms with van der Waals surface area (Å²) >= 11 is 1.76. The topological polar surface area (TPSA) is 35.2 Å². The van der Waals surface area contributed by atoms with Gasteiger partial charge >= 0.3 is 0 Å². The van der Waals surface area contributed by atoms with E-state index in [-0.39, 0.29) is 6.10 Å². The van der Waals surface area contributed by atoms with Crippen molar-refractivity contribution >= 4 is 11.8 Å². The van der Waals surface area contributed by atoms with E-state index < -0.39 is 0 Å². The maximum atomic E-state index is 5.73. The van der Waals surface area contributed by atoms with Crippen LogP contribution in [0.15, 0.2) is 29.2 Å². The summed E-state index contributed by atoms with van der Waals surface area (Å²) in [4.78, 5) is 1.29. The zero-order valence-electron chi connectivity index (χ0n) is 8.98. The molecule has 15 heavy (non-hydrogen) atoms. The van der Waals surface area contributed by atoms with Crippen LogP contribution in [-0.2, 0) is 4.74 Å². The zero-order chi connectivity index (χ0) is 10.7. The Kier molecular flexibility index (Phi) is 3.67. The van der Waals surface area contributed by atoms with Gasteiger partial charge in [0.15, 0.2) is 0 Å². The molecule has 1 aromatic rings. The molecule has 2 atom stereocenters. The highest BCUT2D eigenvalue weighted by atomic mass is 32.2.